The van der Waals surface area contributed by atoms with Crippen molar-refractivity contribution in [2.45, 2.75) is 32.4 Å². The van der Waals surface area contributed by atoms with E-state index >= 15 is 0 Å². The number of carbonyl (C=O) groups excluding carboxylic acids is 2. The number of rotatable bonds is 4. The molecule has 1 aromatic rings. The molecule has 1 aliphatic rings. The van der Waals surface area contributed by atoms with Crippen LogP contribution in [0.5, 0.6) is 0 Å². The van der Waals surface area contributed by atoms with Crippen molar-refractivity contribution in [3.8, 4) is 0 Å². The van der Waals surface area contributed by atoms with Gasteiger partial charge in [-0.3, -0.25) is 9.59 Å². The van der Waals surface area contributed by atoms with Crippen LogP contribution in [0.1, 0.15) is 25.3 Å². The maximum absolute atomic E-state index is 12.0. The number of nitrogens with one attached hydrogen (secondary N) is 2. The maximum Gasteiger partial charge on any atom is 0.241 e. The minimum absolute atomic E-state index is 0.0135. The Labute approximate surface area is 119 Å². The fraction of sp³-hybridized carbons (Fsp3) is 0.467. The van der Waals surface area contributed by atoms with E-state index in [2.05, 4.69) is 10.6 Å². The number of carbonyl (C=O) groups is 2. The van der Waals surface area contributed by atoms with E-state index in [4.69, 9.17) is 0 Å². The van der Waals surface area contributed by atoms with Gasteiger partial charge in [0.15, 0.2) is 0 Å². The van der Waals surface area contributed by atoms with Crippen molar-refractivity contribution in [2.24, 2.45) is 0 Å². The zero-order valence-electron chi connectivity index (χ0n) is 12.0. The predicted molar refractivity (Wildman–Crippen MR) is 78.2 cm³/mol. The SMILES string of the molecule is CC(=O)N(C)Cc1cccc(NC(=O)C2CCCN2)c1. The Hall–Kier alpha value is -1.88. The van der Waals surface area contributed by atoms with Crippen LogP contribution in [0.3, 0.4) is 0 Å². The molecule has 0 aromatic heterocycles. The van der Waals surface area contributed by atoms with Crippen LogP contribution in [0.4, 0.5) is 5.69 Å². The molecule has 1 unspecified atom stereocenters. The minimum Gasteiger partial charge on any atom is -0.342 e. The van der Waals surface area contributed by atoms with Gasteiger partial charge in [0.1, 0.15) is 0 Å². The van der Waals surface area contributed by atoms with Crippen molar-refractivity contribution in [2.75, 3.05) is 18.9 Å². The highest BCUT2D eigenvalue weighted by atomic mass is 16.2. The lowest BCUT2D eigenvalue weighted by molar-refractivity contribution is -0.128. The van der Waals surface area contributed by atoms with Crippen molar-refractivity contribution >= 4 is 17.5 Å². The van der Waals surface area contributed by atoms with Gasteiger partial charge in [-0.15, -0.1) is 0 Å². The van der Waals surface area contributed by atoms with Gasteiger partial charge in [0, 0.05) is 26.2 Å². The Bertz CT molecular complexity index is 496. The molecule has 2 N–H and O–H groups in total. The second-order valence-corrected chi connectivity index (χ2v) is 5.21. The molecule has 1 aliphatic heterocycles. The lowest BCUT2D eigenvalue weighted by Crippen LogP contribution is -2.35. The largest absolute Gasteiger partial charge is 0.342 e. The Morgan fingerprint density at radius 2 is 2.25 bits per heavy atom. The molecular formula is C15H21N3O2. The Balaban J connectivity index is 1.98. The molecule has 5 nitrogen and oxygen atoms in total. The summed E-state index contributed by atoms with van der Waals surface area (Å²) in [5, 5.41) is 6.10. The van der Waals surface area contributed by atoms with Crippen LogP contribution in [0, 0.1) is 0 Å². The van der Waals surface area contributed by atoms with Gasteiger partial charge in [-0.25, -0.2) is 0 Å². The van der Waals surface area contributed by atoms with Gasteiger partial charge in [0.25, 0.3) is 0 Å². The molecule has 5 heteroatoms. The molecule has 1 atom stereocenters. The highest BCUT2D eigenvalue weighted by molar-refractivity contribution is 5.95. The molecule has 0 radical (unpaired) electrons. The monoisotopic (exact) mass is 275 g/mol. The lowest BCUT2D eigenvalue weighted by Gasteiger charge is -2.16. The molecule has 1 saturated heterocycles. The first-order valence-corrected chi connectivity index (χ1v) is 6.91. The third kappa shape index (κ3) is 3.81. The summed E-state index contributed by atoms with van der Waals surface area (Å²) < 4.78 is 0. The summed E-state index contributed by atoms with van der Waals surface area (Å²) in [4.78, 5) is 24.9. The van der Waals surface area contributed by atoms with Crippen LogP contribution in [0.2, 0.25) is 0 Å². The van der Waals surface area contributed by atoms with Crippen molar-refractivity contribution in [1.29, 1.82) is 0 Å². The van der Waals surface area contributed by atoms with Crippen LogP contribution in [-0.2, 0) is 16.1 Å². The van der Waals surface area contributed by atoms with Gasteiger partial charge in [0.2, 0.25) is 11.8 Å². The number of amides is 2. The molecule has 2 amide bonds. The van der Waals surface area contributed by atoms with E-state index in [1.165, 1.54) is 6.92 Å². The third-order valence-electron chi connectivity index (χ3n) is 3.53. The molecule has 0 saturated carbocycles. The van der Waals surface area contributed by atoms with Gasteiger partial charge in [-0.2, -0.15) is 0 Å². The number of benzene rings is 1. The molecule has 0 bridgehead atoms. The van der Waals surface area contributed by atoms with E-state index in [1.807, 2.05) is 24.3 Å². The smallest absolute Gasteiger partial charge is 0.241 e. The second kappa shape index (κ2) is 6.52. The topological polar surface area (TPSA) is 61.4 Å². The van der Waals surface area contributed by atoms with Gasteiger partial charge < -0.3 is 15.5 Å². The van der Waals surface area contributed by atoms with Crippen LogP contribution in [0.25, 0.3) is 0 Å². The molecule has 1 fully saturated rings. The minimum atomic E-state index is -0.0847. The van der Waals surface area contributed by atoms with E-state index in [-0.39, 0.29) is 17.9 Å². The maximum atomic E-state index is 12.0. The normalized spacial score (nSPS) is 17.8. The van der Waals surface area contributed by atoms with E-state index < -0.39 is 0 Å². The van der Waals surface area contributed by atoms with Gasteiger partial charge in [-0.1, -0.05) is 12.1 Å². The Morgan fingerprint density at radius 3 is 2.90 bits per heavy atom. The number of hydrogen-bond acceptors (Lipinski definition) is 3. The van der Waals surface area contributed by atoms with Crippen molar-refractivity contribution < 1.29 is 9.59 Å². The van der Waals surface area contributed by atoms with Crippen LogP contribution in [-0.4, -0.2) is 36.3 Å². The molecule has 0 spiro atoms. The third-order valence-corrected chi connectivity index (χ3v) is 3.53. The Kier molecular flexibility index (Phi) is 4.74. The fourth-order valence-electron chi connectivity index (χ4n) is 2.27. The summed E-state index contributed by atoms with van der Waals surface area (Å²) in [6, 6.07) is 7.53. The number of nitrogens with zero attached hydrogens (tertiary/aromatic N) is 1. The summed E-state index contributed by atoms with van der Waals surface area (Å²) in [5.41, 5.74) is 1.78. The van der Waals surface area contributed by atoms with E-state index in [0.29, 0.717) is 6.54 Å². The molecule has 1 aromatic carbocycles. The van der Waals surface area contributed by atoms with E-state index in [0.717, 1.165) is 30.6 Å². The average molecular weight is 275 g/mol. The zero-order valence-corrected chi connectivity index (χ0v) is 12.0. The highest BCUT2D eigenvalue weighted by Gasteiger charge is 2.21. The van der Waals surface area contributed by atoms with Gasteiger partial charge in [-0.05, 0) is 37.1 Å². The standard InChI is InChI=1S/C15H21N3O2/c1-11(19)18(2)10-12-5-3-6-13(9-12)17-15(20)14-7-4-8-16-14/h3,5-6,9,14,16H,4,7-8,10H2,1-2H3,(H,17,20). The van der Waals surface area contributed by atoms with Gasteiger partial charge in [0.05, 0.1) is 6.04 Å². The summed E-state index contributed by atoms with van der Waals surface area (Å²) in [6.07, 6.45) is 1.93. The second-order valence-electron chi connectivity index (χ2n) is 5.21. The van der Waals surface area contributed by atoms with Crippen molar-refractivity contribution in [3.05, 3.63) is 29.8 Å². The van der Waals surface area contributed by atoms with E-state index in [9.17, 15) is 9.59 Å². The summed E-state index contributed by atoms with van der Waals surface area (Å²) in [7, 11) is 1.76. The lowest BCUT2D eigenvalue weighted by atomic mass is 10.1. The molecule has 20 heavy (non-hydrogen) atoms. The Morgan fingerprint density at radius 1 is 1.45 bits per heavy atom. The first kappa shape index (κ1) is 14.5. The number of anilines is 1. The highest BCUT2D eigenvalue weighted by Crippen LogP contribution is 2.14. The predicted octanol–water partition coefficient (Wildman–Crippen LogP) is 1.36. The molecule has 2 rings (SSSR count). The summed E-state index contributed by atoms with van der Waals surface area (Å²) in [6.45, 7) is 2.99. The summed E-state index contributed by atoms with van der Waals surface area (Å²) in [5.74, 6) is 0.0363. The molecule has 1 heterocycles. The number of hydrogen-bond donors (Lipinski definition) is 2. The zero-order chi connectivity index (χ0) is 14.5. The fourth-order valence-corrected chi connectivity index (χ4v) is 2.27. The molecule has 0 aliphatic carbocycles. The van der Waals surface area contributed by atoms with Crippen LogP contribution in [0.15, 0.2) is 24.3 Å². The van der Waals surface area contributed by atoms with Crippen molar-refractivity contribution in [3.63, 3.8) is 0 Å². The quantitative estimate of drug-likeness (QED) is 0.872. The van der Waals surface area contributed by atoms with E-state index in [1.54, 1.807) is 11.9 Å². The summed E-state index contributed by atoms with van der Waals surface area (Å²) >= 11 is 0. The van der Waals surface area contributed by atoms with Crippen LogP contribution < -0.4 is 10.6 Å². The first-order chi connectivity index (χ1) is 9.56. The average Bonchev–Trinajstić information content (AvgIpc) is 2.92. The van der Waals surface area contributed by atoms with Gasteiger partial charge >= 0.3 is 0 Å². The van der Waals surface area contributed by atoms with Crippen LogP contribution >= 0.6 is 0 Å². The first-order valence-electron chi connectivity index (χ1n) is 6.91. The molecule has 108 valence electrons. The van der Waals surface area contributed by atoms with Crippen molar-refractivity contribution in [1.82, 2.24) is 10.2 Å². The molecular weight excluding hydrogens is 254 g/mol.